The van der Waals surface area contributed by atoms with Gasteiger partial charge in [0.05, 0.1) is 13.2 Å². The number of hydrogen-bond donors (Lipinski definition) is 0. The Morgan fingerprint density at radius 2 is 0.647 bits per heavy atom. The van der Waals surface area contributed by atoms with E-state index >= 15 is 0 Å². The summed E-state index contributed by atoms with van der Waals surface area (Å²) in [5.41, 5.74) is 0. The van der Waals surface area contributed by atoms with Crippen LogP contribution in [0.5, 0.6) is 0 Å². The summed E-state index contributed by atoms with van der Waals surface area (Å²) in [4.78, 5) is 48.1. The molecule has 0 spiro atoms. The number of hydrogen-bond acceptors (Lipinski definition) is 8. The van der Waals surface area contributed by atoms with E-state index in [2.05, 4.69) is 13.8 Å². The molecule has 0 heterocycles. The van der Waals surface area contributed by atoms with Crippen LogP contribution in [0.4, 0.5) is 0 Å². The van der Waals surface area contributed by atoms with Gasteiger partial charge >= 0.3 is 23.9 Å². The SMILES string of the molecule is CCCCCCC(CCCCCCCCC(=O)OCCCOC(=O)CCCCCCCCC(CCCCCC)OC(=O)CCC)OC(=O)CCC. The average Bonchev–Trinajstić information content (AvgIpc) is 3.10. The van der Waals surface area contributed by atoms with Gasteiger partial charge in [0.25, 0.3) is 0 Å². The van der Waals surface area contributed by atoms with Gasteiger partial charge in [-0.05, 0) is 77.0 Å². The highest BCUT2D eigenvalue weighted by molar-refractivity contribution is 5.70. The maximum absolute atomic E-state index is 12.1. The molecule has 0 radical (unpaired) electrons. The second-order valence-electron chi connectivity index (χ2n) is 14.5. The molecule has 0 fully saturated rings. The van der Waals surface area contributed by atoms with E-state index in [1.165, 1.54) is 38.5 Å². The minimum absolute atomic E-state index is 0.0579. The molecular weight excluding hydrogens is 644 g/mol. The Morgan fingerprint density at radius 1 is 0.333 bits per heavy atom. The maximum atomic E-state index is 12.1. The van der Waals surface area contributed by atoms with Gasteiger partial charge in [-0.15, -0.1) is 0 Å². The highest BCUT2D eigenvalue weighted by Gasteiger charge is 2.15. The molecule has 8 heteroatoms. The summed E-state index contributed by atoms with van der Waals surface area (Å²) in [7, 11) is 0. The second-order valence-corrected chi connectivity index (χ2v) is 14.5. The summed E-state index contributed by atoms with van der Waals surface area (Å²) in [5.74, 6) is -0.475. The third-order valence-electron chi connectivity index (χ3n) is 9.39. The quantitative estimate of drug-likeness (QED) is 0.0352. The highest BCUT2D eigenvalue weighted by Crippen LogP contribution is 2.19. The van der Waals surface area contributed by atoms with Crippen LogP contribution in [0.3, 0.4) is 0 Å². The van der Waals surface area contributed by atoms with Gasteiger partial charge in [0.1, 0.15) is 12.2 Å². The van der Waals surface area contributed by atoms with E-state index in [9.17, 15) is 19.2 Å². The topological polar surface area (TPSA) is 105 Å². The average molecular weight is 725 g/mol. The van der Waals surface area contributed by atoms with E-state index in [1.54, 1.807) is 0 Å². The van der Waals surface area contributed by atoms with Gasteiger partial charge < -0.3 is 18.9 Å². The van der Waals surface area contributed by atoms with Crippen LogP contribution < -0.4 is 0 Å². The van der Waals surface area contributed by atoms with Crippen LogP contribution in [-0.4, -0.2) is 49.3 Å². The molecule has 0 aliphatic rings. The number of carbonyl (C=O) groups is 4. The van der Waals surface area contributed by atoms with Crippen molar-refractivity contribution in [3.8, 4) is 0 Å². The van der Waals surface area contributed by atoms with Crippen LogP contribution in [0, 0.1) is 0 Å². The van der Waals surface area contributed by atoms with Crippen molar-refractivity contribution >= 4 is 23.9 Å². The van der Waals surface area contributed by atoms with Crippen LogP contribution in [0.2, 0.25) is 0 Å². The third kappa shape index (κ3) is 34.7. The van der Waals surface area contributed by atoms with Crippen molar-refractivity contribution in [1.29, 1.82) is 0 Å². The van der Waals surface area contributed by atoms with E-state index in [1.807, 2.05) is 13.8 Å². The van der Waals surface area contributed by atoms with E-state index in [-0.39, 0.29) is 49.3 Å². The molecule has 0 saturated heterocycles. The molecule has 0 saturated carbocycles. The fourth-order valence-corrected chi connectivity index (χ4v) is 6.29. The molecule has 0 aliphatic carbocycles. The lowest BCUT2D eigenvalue weighted by Crippen LogP contribution is -2.18. The number of unbranched alkanes of at least 4 members (excludes halogenated alkanes) is 16. The Balaban J connectivity index is 3.76. The summed E-state index contributed by atoms with van der Waals surface area (Å²) in [6, 6.07) is 0. The zero-order valence-corrected chi connectivity index (χ0v) is 33.8. The lowest BCUT2D eigenvalue weighted by atomic mass is 10.0. The zero-order chi connectivity index (χ0) is 37.6. The first-order valence-corrected chi connectivity index (χ1v) is 21.6. The fourth-order valence-electron chi connectivity index (χ4n) is 6.29. The Morgan fingerprint density at radius 3 is 0.980 bits per heavy atom. The van der Waals surface area contributed by atoms with E-state index in [4.69, 9.17) is 18.9 Å². The second kappa shape index (κ2) is 37.6. The highest BCUT2D eigenvalue weighted by atomic mass is 16.6. The molecule has 0 aromatic rings. The molecule has 2 unspecified atom stereocenters. The van der Waals surface area contributed by atoms with Gasteiger partial charge in [-0.3, -0.25) is 19.2 Å². The normalized spacial score (nSPS) is 12.3. The summed E-state index contributed by atoms with van der Waals surface area (Å²) in [6.45, 7) is 9.00. The standard InChI is InChI=1S/C43H80O8/c1-5-9-11-21-30-38(50-42(46)28-7-3)32-23-17-13-15-19-25-34-40(44)48-36-27-37-49-41(45)35-26-20-16-14-18-24-33-39(31-22-12-10-6-2)51-43(47)29-8-4/h38-39H,5-37H2,1-4H3. The van der Waals surface area contributed by atoms with Crippen LogP contribution in [-0.2, 0) is 38.1 Å². The first kappa shape index (κ1) is 48.9. The van der Waals surface area contributed by atoms with Gasteiger partial charge in [0, 0.05) is 32.1 Å². The maximum Gasteiger partial charge on any atom is 0.306 e. The van der Waals surface area contributed by atoms with E-state index in [0.717, 1.165) is 128 Å². The van der Waals surface area contributed by atoms with Crippen molar-refractivity contribution in [2.75, 3.05) is 13.2 Å². The van der Waals surface area contributed by atoms with Gasteiger partial charge in [-0.25, -0.2) is 0 Å². The van der Waals surface area contributed by atoms with Crippen LogP contribution in [0.25, 0.3) is 0 Å². The number of carbonyl (C=O) groups excluding carboxylic acids is 4. The molecule has 300 valence electrons. The summed E-state index contributed by atoms with van der Waals surface area (Å²) >= 11 is 0. The van der Waals surface area contributed by atoms with Crippen molar-refractivity contribution in [3.05, 3.63) is 0 Å². The monoisotopic (exact) mass is 725 g/mol. The molecule has 0 aromatic carbocycles. The number of esters is 4. The zero-order valence-electron chi connectivity index (χ0n) is 33.8. The van der Waals surface area contributed by atoms with E-state index < -0.39 is 0 Å². The molecule has 51 heavy (non-hydrogen) atoms. The predicted molar refractivity (Wildman–Crippen MR) is 208 cm³/mol. The fraction of sp³-hybridized carbons (Fsp3) is 0.907. The molecule has 2 atom stereocenters. The Hall–Kier alpha value is -2.12. The molecule has 0 N–H and O–H groups in total. The Labute approximate surface area is 313 Å². The molecule has 0 rings (SSSR count). The van der Waals surface area contributed by atoms with Crippen LogP contribution >= 0.6 is 0 Å². The smallest absolute Gasteiger partial charge is 0.306 e. The molecule has 0 aromatic heterocycles. The largest absolute Gasteiger partial charge is 0.466 e. The molecule has 0 aliphatic heterocycles. The van der Waals surface area contributed by atoms with E-state index in [0.29, 0.717) is 32.1 Å². The molecule has 8 nitrogen and oxygen atoms in total. The summed E-state index contributed by atoms with van der Waals surface area (Å²) < 4.78 is 22.1. The molecule has 0 amide bonds. The van der Waals surface area contributed by atoms with Crippen molar-refractivity contribution < 1.29 is 38.1 Å². The number of ether oxygens (including phenoxy) is 4. The van der Waals surface area contributed by atoms with Crippen molar-refractivity contribution in [1.82, 2.24) is 0 Å². The van der Waals surface area contributed by atoms with Crippen LogP contribution in [0.1, 0.15) is 227 Å². The molecular formula is C43H80O8. The number of rotatable bonds is 38. The Kier molecular flexibility index (Phi) is 36.1. The summed E-state index contributed by atoms with van der Waals surface area (Å²) in [6.07, 6.45) is 30.1. The molecule has 0 bridgehead atoms. The first-order chi connectivity index (χ1) is 24.9. The van der Waals surface area contributed by atoms with Gasteiger partial charge in [-0.1, -0.05) is 118 Å². The van der Waals surface area contributed by atoms with Gasteiger partial charge in [0.2, 0.25) is 0 Å². The minimum atomic E-state index is -0.180. The van der Waals surface area contributed by atoms with Crippen LogP contribution in [0.15, 0.2) is 0 Å². The lowest BCUT2D eigenvalue weighted by Gasteiger charge is -2.18. The van der Waals surface area contributed by atoms with Crippen molar-refractivity contribution in [2.45, 2.75) is 239 Å². The summed E-state index contributed by atoms with van der Waals surface area (Å²) in [5, 5.41) is 0. The predicted octanol–water partition coefficient (Wildman–Crippen LogP) is 12.1. The van der Waals surface area contributed by atoms with Gasteiger partial charge in [-0.2, -0.15) is 0 Å². The van der Waals surface area contributed by atoms with Crippen molar-refractivity contribution in [2.24, 2.45) is 0 Å². The van der Waals surface area contributed by atoms with Gasteiger partial charge in [0.15, 0.2) is 0 Å². The first-order valence-electron chi connectivity index (χ1n) is 21.6. The lowest BCUT2D eigenvalue weighted by molar-refractivity contribution is -0.150. The Bertz CT molecular complexity index is 763. The van der Waals surface area contributed by atoms with Crippen molar-refractivity contribution in [3.63, 3.8) is 0 Å². The minimum Gasteiger partial charge on any atom is -0.466 e. The third-order valence-corrected chi connectivity index (χ3v) is 9.39.